The molecule has 1 saturated heterocycles. The molecule has 1 spiro atoms. The van der Waals surface area contributed by atoms with Gasteiger partial charge < -0.3 is 5.32 Å². The van der Waals surface area contributed by atoms with Crippen molar-refractivity contribution in [2.45, 2.75) is 31.7 Å². The first-order valence-corrected chi connectivity index (χ1v) is 4.12. The van der Waals surface area contributed by atoms with Crippen molar-refractivity contribution in [3.8, 4) is 0 Å². The highest BCUT2D eigenvalue weighted by Gasteiger charge is 2.57. The average molecular weight is 123 g/mol. The second-order valence-electron chi connectivity index (χ2n) is 4.10. The summed E-state index contributed by atoms with van der Waals surface area (Å²) in [6, 6.07) is 0.928. The zero-order valence-corrected chi connectivity index (χ0v) is 5.69. The molecule has 1 N–H and O–H groups in total. The molecule has 3 aliphatic rings. The second-order valence-corrected chi connectivity index (χ2v) is 4.10. The van der Waals surface area contributed by atoms with Crippen LogP contribution in [0.4, 0.5) is 0 Å². The van der Waals surface area contributed by atoms with Crippen molar-refractivity contribution in [2.24, 2.45) is 11.3 Å². The van der Waals surface area contributed by atoms with Gasteiger partial charge in [-0.05, 0) is 43.6 Å². The molecule has 50 valence electrons. The van der Waals surface area contributed by atoms with E-state index in [1.165, 1.54) is 19.4 Å². The van der Waals surface area contributed by atoms with Crippen molar-refractivity contribution in [3.63, 3.8) is 0 Å². The molecule has 2 aliphatic carbocycles. The monoisotopic (exact) mass is 123 g/mol. The van der Waals surface area contributed by atoms with Crippen LogP contribution in [0.2, 0.25) is 0 Å². The van der Waals surface area contributed by atoms with Crippen molar-refractivity contribution >= 4 is 0 Å². The fourth-order valence-electron chi connectivity index (χ4n) is 2.87. The number of rotatable bonds is 0. The van der Waals surface area contributed by atoms with Gasteiger partial charge in [-0.15, -0.1) is 0 Å². The third-order valence-electron chi connectivity index (χ3n) is 3.63. The predicted molar refractivity (Wildman–Crippen MR) is 36.2 cm³/mol. The molecule has 9 heavy (non-hydrogen) atoms. The molecule has 1 heterocycles. The lowest BCUT2D eigenvalue weighted by Gasteiger charge is -2.20. The van der Waals surface area contributed by atoms with Crippen LogP contribution in [0.5, 0.6) is 0 Å². The highest BCUT2D eigenvalue weighted by molar-refractivity contribution is 5.11. The first-order valence-electron chi connectivity index (χ1n) is 4.12. The molecular formula is C8H13N. The number of nitrogens with one attached hydrogen (secondary N) is 1. The molecule has 0 radical (unpaired) electrons. The van der Waals surface area contributed by atoms with Gasteiger partial charge >= 0.3 is 0 Å². The lowest BCUT2D eigenvalue weighted by Crippen LogP contribution is -2.30. The number of fused-ring (bicyclic) bond motifs is 3. The van der Waals surface area contributed by atoms with Crippen molar-refractivity contribution < 1.29 is 0 Å². The smallest absolute Gasteiger partial charge is 0.00758 e. The maximum absolute atomic E-state index is 3.55. The zero-order chi connectivity index (χ0) is 5.90. The Bertz CT molecular complexity index is 149. The van der Waals surface area contributed by atoms with E-state index in [2.05, 4.69) is 5.32 Å². The van der Waals surface area contributed by atoms with Gasteiger partial charge in [-0.2, -0.15) is 0 Å². The molecule has 3 rings (SSSR count). The predicted octanol–water partition coefficient (Wildman–Crippen LogP) is 1.15. The fourth-order valence-corrected chi connectivity index (χ4v) is 2.87. The van der Waals surface area contributed by atoms with Crippen LogP contribution in [-0.2, 0) is 0 Å². The summed E-state index contributed by atoms with van der Waals surface area (Å²) in [6.45, 7) is 1.34. The Hall–Kier alpha value is -0.0400. The Morgan fingerprint density at radius 1 is 1.33 bits per heavy atom. The molecule has 0 amide bonds. The van der Waals surface area contributed by atoms with Gasteiger partial charge in [-0.3, -0.25) is 0 Å². The SMILES string of the molecule is C1NC2CC1C1(CC1)C2. The van der Waals surface area contributed by atoms with Gasteiger partial charge in [0.25, 0.3) is 0 Å². The minimum absolute atomic E-state index is 0.899. The van der Waals surface area contributed by atoms with Gasteiger partial charge in [-0.1, -0.05) is 0 Å². The Labute approximate surface area is 55.8 Å². The lowest BCUT2D eigenvalue weighted by atomic mass is 9.92. The Balaban J connectivity index is 1.96. The minimum Gasteiger partial charge on any atom is -0.314 e. The Kier molecular flexibility index (Phi) is 0.628. The molecule has 3 fully saturated rings. The van der Waals surface area contributed by atoms with Gasteiger partial charge in [0.1, 0.15) is 0 Å². The summed E-state index contributed by atoms with van der Waals surface area (Å²) in [6.07, 6.45) is 6.11. The van der Waals surface area contributed by atoms with E-state index in [-0.39, 0.29) is 0 Å². The molecule has 0 aromatic heterocycles. The molecule has 2 saturated carbocycles. The first kappa shape index (κ1) is 4.73. The van der Waals surface area contributed by atoms with Gasteiger partial charge in [0.05, 0.1) is 0 Å². The van der Waals surface area contributed by atoms with Gasteiger partial charge in [0, 0.05) is 6.04 Å². The standard InChI is InChI=1S/C8H13N/c1-2-8(1)4-7-3-6(8)5-9-7/h6-7,9H,1-5H2. The largest absolute Gasteiger partial charge is 0.314 e. The maximum Gasteiger partial charge on any atom is 0.00758 e. The van der Waals surface area contributed by atoms with Crippen molar-refractivity contribution in [1.29, 1.82) is 0 Å². The van der Waals surface area contributed by atoms with Crippen LogP contribution >= 0.6 is 0 Å². The van der Waals surface area contributed by atoms with E-state index in [0.29, 0.717) is 0 Å². The molecule has 2 unspecified atom stereocenters. The summed E-state index contributed by atoms with van der Waals surface area (Å²) in [7, 11) is 0. The molecule has 0 aromatic rings. The molecule has 1 nitrogen and oxygen atoms in total. The average Bonchev–Trinajstić information content (AvgIpc) is 2.40. The molecular weight excluding hydrogens is 110 g/mol. The van der Waals surface area contributed by atoms with Crippen LogP contribution in [0, 0.1) is 11.3 Å². The van der Waals surface area contributed by atoms with E-state index >= 15 is 0 Å². The van der Waals surface area contributed by atoms with Crippen LogP contribution in [0.3, 0.4) is 0 Å². The van der Waals surface area contributed by atoms with Crippen molar-refractivity contribution in [2.75, 3.05) is 6.54 Å². The lowest BCUT2D eigenvalue weighted by molar-refractivity contribution is 0.328. The van der Waals surface area contributed by atoms with Crippen LogP contribution in [0.15, 0.2) is 0 Å². The number of hydrogen-bond acceptors (Lipinski definition) is 1. The highest BCUT2D eigenvalue weighted by Crippen LogP contribution is 2.62. The molecule has 1 aliphatic heterocycles. The van der Waals surface area contributed by atoms with E-state index in [4.69, 9.17) is 0 Å². The Morgan fingerprint density at radius 3 is 2.56 bits per heavy atom. The molecule has 0 aromatic carbocycles. The summed E-state index contributed by atoms with van der Waals surface area (Å²) >= 11 is 0. The fraction of sp³-hybridized carbons (Fsp3) is 1.00. The number of hydrogen-bond donors (Lipinski definition) is 1. The zero-order valence-electron chi connectivity index (χ0n) is 5.69. The van der Waals surface area contributed by atoms with E-state index in [9.17, 15) is 0 Å². The quantitative estimate of drug-likeness (QED) is 0.509. The van der Waals surface area contributed by atoms with Crippen LogP contribution < -0.4 is 5.32 Å². The topological polar surface area (TPSA) is 12.0 Å². The summed E-state index contributed by atoms with van der Waals surface area (Å²) in [4.78, 5) is 0. The summed E-state index contributed by atoms with van der Waals surface area (Å²) in [5, 5.41) is 3.55. The van der Waals surface area contributed by atoms with Gasteiger partial charge in [-0.25, -0.2) is 0 Å². The highest BCUT2D eigenvalue weighted by atomic mass is 15.0. The summed E-state index contributed by atoms with van der Waals surface area (Å²) < 4.78 is 0. The second kappa shape index (κ2) is 1.20. The van der Waals surface area contributed by atoms with E-state index in [1.807, 2.05) is 0 Å². The normalized spacial score (nSPS) is 50.7. The van der Waals surface area contributed by atoms with E-state index in [0.717, 1.165) is 17.4 Å². The van der Waals surface area contributed by atoms with Crippen LogP contribution in [0.1, 0.15) is 25.7 Å². The third-order valence-corrected chi connectivity index (χ3v) is 3.63. The maximum atomic E-state index is 3.55. The van der Waals surface area contributed by atoms with E-state index in [1.54, 1.807) is 12.8 Å². The van der Waals surface area contributed by atoms with Gasteiger partial charge in [0.2, 0.25) is 0 Å². The van der Waals surface area contributed by atoms with Crippen LogP contribution in [-0.4, -0.2) is 12.6 Å². The van der Waals surface area contributed by atoms with Crippen LogP contribution in [0.25, 0.3) is 0 Å². The van der Waals surface area contributed by atoms with E-state index < -0.39 is 0 Å². The molecule has 2 atom stereocenters. The molecule has 1 heteroatoms. The molecule has 2 bridgehead atoms. The van der Waals surface area contributed by atoms with Gasteiger partial charge in [0.15, 0.2) is 0 Å². The first-order chi connectivity index (χ1) is 4.39. The van der Waals surface area contributed by atoms with Crippen molar-refractivity contribution in [3.05, 3.63) is 0 Å². The summed E-state index contributed by atoms with van der Waals surface area (Å²) in [5.74, 6) is 1.09. The minimum atomic E-state index is 0.899. The van der Waals surface area contributed by atoms with Crippen molar-refractivity contribution in [1.82, 2.24) is 5.32 Å². The summed E-state index contributed by atoms with van der Waals surface area (Å²) in [5.41, 5.74) is 0.899. The third kappa shape index (κ3) is 0.454. The number of piperidine rings is 1. The Morgan fingerprint density at radius 2 is 2.22 bits per heavy atom.